The highest BCUT2D eigenvalue weighted by atomic mass is 16.5. The molecule has 0 aliphatic carbocycles. The van der Waals surface area contributed by atoms with Gasteiger partial charge in [0.15, 0.2) is 5.82 Å². The van der Waals surface area contributed by atoms with Gasteiger partial charge in [-0.3, -0.25) is 9.78 Å². The van der Waals surface area contributed by atoms with Gasteiger partial charge >= 0.3 is 5.97 Å². The van der Waals surface area contributed by atoms with Crippen LogP contribution in [0.3, 0.4) is 0 Å². The zero-order chi connectivity index (χ0) is 24.1. The number of ether oxygens (including phenoxy) is 2. The maximum absolute atomic E-state index is 11.7. The Morgan fingerprint density at radius 1 is 0.971 bits per heavy atom. The molecule has 4 rings (SSSR count). The van der Waals surface area contributed by atoms with Gasteiger partial charge in [-0.05, 0) is 73.1 Å². The summed E-state index contributed by atoms with van der Waals surface area (Å²) in [4.78, 5) is 20.9. The molecule has 0 spiro atoms. The topological polar surface area (TPSA) is 87.3 Å². The number of aryl methyl sites for hydroxylation is 4. The van der Waals surface area contributed by atoms with Gasteiger partial charge < -0.3 is 15.2 Å². The summed E-state index contributed by atoms with van der Waals surface area (Å²) in [6.45, 7) is 4.98. The minimum absolute atomic E-state index is 0.189. The molecule has 0 aliphatic rings. The highest BCUT2D eigenvalue weighted by molar-refractivity contribution is 6.08. The lowest BCUT2D eigenvalue weighted by Gasteiger charge is -2.11. The van der Waals surface area contributed by atoms with E-state index in [0.717, 1.165) is 45.8 Å². The van der Waals surface area contributed by atoms with Gasteiger partial charge in [-0.2, -0.15) is 0 Å². The number of pyridine rings is 2. The average molecular weight is 458 g/mol. The first-order valence-corrected chi connectivity index (χ1v) is 11.7. The van der Waals surface area contributed by atoms with E-state index in [1.165, 1.54) is 16.7 Å². The van der Waals surface area contributed by atoms with Crippen LogP contribution in [0.5, 0.6) is 0 Å². The fourth-order valence-electron chi connectivity index (χ4n) is 4.34. The van der Waals surface area contributed by atoms with E-state index in [4.69, 9.17) is 15.2 Å². The molecule has 0 radical (unpaired) electrons. The molecule has 2 aromatic heterocycles. The van der Waals surface area contributed by atoms with Crippen LogP contribution in [0, 0.1) is 6.92 Å². The Bertz CT molecular complexity index is 1330. The maximum atomic E-state index is 11.7. The third kappa shape index (κ3) is 5.34. The number of rotatable bonds is 9. The van der Waals surface area contributed by atoms with E-state index in [0.29, 0.717) is 31.9 Å². The molecule has 0 bridgehead atoms. The number of hydrogen-bond acceptors (Lipinski definition) is 6. The van der Waals surface area contributed by atoms with Crippen LogP contribution in [-0.4, -0.2) is 29.7 Å². The SMILES string of the molecule is CCOC(=O)CCc1ccc2c(c1)nc(N)c1ncc(CCc3ccc(COC)cc3C)cc12. The molecular formula is C28H31N3O3. The highest BCUT2D eigenvalue weighted by Gasteiger charge is 2.11. The van der Waals surface area contributed by atoms with Crippen molar-refractivity contribution in [3.05, 3.63) is 76.5 Å². The zero-order valence-corrected chi connectivity index (χ0v) is 20.1. The van der Waals surface area contributed by atoms with Crippen LogP contribution in [0.4, 0.5) is 5.82 Å². The van der Waals surface area contributed by atoms with E-state index in [1.54, 1.807) is 7.11 Å². The molecule has 6 nitrogen and oxygen atoms in total. The molecule has 0 fully saturated rings. The molecule has 34 heavy (non-hydrogen) atoms. The molecule has 6 heteroatoms. The predicted molar refractivity (Wildman–Crippen MR) is 136 cm³/mol. The molecule has 0 aliphatic heterocycles. The molecule has 0 unspecified atom stereocenters. The Labute approximate surface area is 200 Å². The second-order valence-corrected chi connectivity index (χ2v) is 8.59. The number of benzene rings is 2. The summed E-state index contributed by atoms with van der Waals surface area (Å²) in [5.41, 5.74) is 13.8. The minimum Gasteiger partial charge on any atom is -0.466 e. The summed E-state index contributed by atoms with van der Waals surface area (Å²) in [5, 5.41) is 2.02. The number of nitrogens with zero attached hydrogens (tertiary/aromatic N) is 2. The minimum atomic E-state index is -0.189. The zero-order valence-electron chi connectivity index (χ0n) is 20.1. The number of fused-ring (bicyclic) bond motifs is 3. The number of esters is 1. The molecule has 2 heterocycles. The fourth-order valence-corrected chi connectivity index (χ4v) is 4.34. The summed E-state index contributed by atoms with van der Waals surface area (Å²) in [5.74, 6) is 0.229. The molecule has 0 saturated carbocycles. The first-order valence-electron chi connectivity index (χ1n) is 11.7. The number of nitrogens with two attached hydrogens (primary N) is 1. The summed E-state index contributed by atoms with van der Waals surface area (Å²) >= 11 is 0. The number of anilines is 1. The standard InChI is InChI=1S/C28H31N3O3/c1-4-34-26(32)12-8-19-7-11-23-24-14-20(16-30-27(24)28(29)31-25(23)15-19)5-9-22-10-6-21(17-33-3)13-18(22)2/h6-7,10-11,13-16H,4-5,8-9,12,17H2,1-3H3,(H2,29,31). The maximum Gasteiger partial charge on any atom is 0.306 e. The monoisotopic (exact) mass is 457 g/mol. The van der Waals surface area contributed by atoms with Gasteiger partial charge in [0.05, 0.1) is 18.7 Å². The van der Waals surface area contributed by atoms with Crippen molar-refractivity contribution < 1.29 is 14.3 Å². The number of methoxy groups -OCH3 is 1. The van der Waals surface area contributed by atoms with Gasteiger partial charge in [-0.1, -0.05) is 30.3 Å². The lowest BCUT2D eigenvalue weighted by Crippen LogP contribution is -2.05. The van der Waals surface area contributed by atoms with Crippen molar-refractivity contribution in [3.63, 3.8) is 0 Å². The van der Waals surface area contributed by atoms with Crippen molar-refractivity contribution in [1.29, 1.82) is 0 Å². The lowest BCUT2D eigenvalue weighted by atomic mass is 9.98. The van der Waals surface area contributed by atoms with Crippen LogP contribution >= 0.6 is 0 Å². The van der Waals surface area contributed by atoms with Crippen LogP contribution < -0.4 is 5.73 Å². The fraction of sp³-hybridized carbons (Fsp3) is 0.321. The Morgan fingerprint density at radius 3 is 2.56 bits per heavy atom. The van der Waals surface area contributed by atoms with Crippen molar-refractivity contribution >= 4 is 33.6 Å². The van der Waals surface area contributed by atoms with Crippen molar-refractivity contribution in [2.24, 2.45) is 0 Å². The molecule has 0 saturated heterocycles. The van der Waals surface area contributed by atoms with Crippen LogP contribution in [0.1, 0.15) is 41.2 Å². The normalized spacial score (nSPS) is 11.3. The van der Waals surface area contributed by atoms with Gasteiger partial charge in [0.1, 0.15) is 5.52 Å². The summed E-state index contributed by atoms with van der Waals surface area (Å²) in [6, 6.07) is 14.8. The summed E-state index contributed by atoms with van der Waals surface area (Å²) < 4.78 is 10.3. The molecule has 4 aromatic rings. The van der Waals surface area contributed by atoms with Crippen LogP contribution in [0.15, 0.2) is 48.7 Å². The van der Waals surface area contributed by atoms with E-state index < -0.39 is 0 Å². The predicted octanol–water partition coefficient (Wildman–Crippen LogP) is 5.10. The van der Waals surface area contributed by atoms with E-state index in [1.807, 2.05) is 25.3 Å². The van der Waals surface area contributed by atoms with Crippen LogP contribution in [0.2, 0.25) is 0 Å². The second-order valence-electron chi connectivity index (χ2n) is 8.59. The first-order chi connectivity index (χ1) is 16.5. The van der Waals surface area contributed by atoms with Gasteiger partial charge in [-0.25, -0.2) is 4.98 Å². The lowest BCUT2D eigenvalue weighted by molar-refractivity contribution is -0.143. The van der Waals surface area contributed by atoms with Crippen molar-refractivity contribution in [2.75, 3.05) is 19.5 Å². The van der Waals surface area contributed by atoms with E-state index in [2.05, 4.69) is 47.2 Å². The Kier molecular flexibility index (Phi) is 7.38. The molecule has 0 atom stereocenters. The van der Waals surface area contributed by atoms with Crippen molar-refractivity contribution in [2.45, 2.75) is 46.1 Å². The number of aromatic nitrogens is 2. The third-order valence-electron chi connectivity index (χ3n) is 6.10. The summed E-state index contributed by atoms with van der Waals surface area (Å²) in [7, 11) is 1.71. The summed E-state index contributed by atoms with van der Waals surface area (Å²) in [6.07, 6.45) is 4.67. The molecular weight excluding hydrogens is 426 g/mol. The highest BCUT2D eigenvalue weighted by Crippen LogP contribution is 2.28. The van der Waals surface area contributed by atoms with Gasteiger partial charge in [0.2, 0.25) is 0 Å². The van der Waals surface area contributed by atoms with Crippen molar-refractivity contribution in [3.8, 4) is 0 Å². The number of hydrogen-bond donors (Lipinski definition) is 1. The van der Waals surface area contributed by atoms with E-state index in [9.17, 15) is 4.79 Å². The van der Waals surface area contributed by atoms with E-state index >= 15 is 0 Å². The van der Waals surface area contributed by atoms with E-state index in [-0.39, 0.29) is 5.97 Å². The molecule has 176 valence electrons. The first kappa shape index (κ1) is 23.6. The van der Waals surface area contributed by atoms with Gasteiger partial charge in [0.25, 0.3) is 0 Å². The largest absolute Gasteiger partial charge is 0.466 e. The Balaban J connectivity index is 1.58. The second kappa shape index (κ2) is 10.6. The van der Waals surface area contributed by atoms with Crippen LogP contribution in [0.25, 0.3) is 21.8 Å². The number of nitrogen functional groups attached to an aromatic ring is 1. The molecule has 2 N–H and O–H groups in total. The third-order valence-corrected chi connectivity index (χ3v) is 6.10. The Hall–Kier alpha value is -3.51. The van der Waals surface area contributed by atoms with Crippen LogP contribution in [-0.2, 0) is 40.1 Å². The quantitative estimate of drug-likeness (QED) is 0.278. The Morgan fingerprint density at radius 2 is 1.79 bits per heavy atom. The molecule has 2 aromatic carbocycles. The van der Waals surface area contributed by atoms with Gasteiger partial charge in [-0.15, -0.1) is 0 Å². The molecule has 0 amide bonds. The van der Waals surface area contributed by atoms with Crippen molar-refractivity contribution in [1.82, 2.24) is 9.97 Å². The average Bonchev–Trinajstić information content (AvgIpc) is 2.82. The van der Waals surface area contributed by atoms with Gasteiger partial charge in [0, 0.05) is 30.5 Å². The number of carbonyl (C=O) groups is 1. The smallest absolute Gasteiger partial charge is 0.306 e. The number of carbonyl (C=O) groups excluding carboxylic acids is 1.